The standard InChI is InChI=1S/C25H32Br4O4/c1-7-21(13(3)30)32-23-17(26)9-15(10-18(23)27)25(5,6)16-11-19(28)24(20(29)12-16)33-22(8-2)14(4)31/h9-14,21-22,30-31H,7-8H2,1-6H3. The lowest BCUT2D eigenvalue weighted by Gasteiger charge is -2.30. The van der Waals surface area contributed by atoms with Crippen molar-refractivity contribution in [3.05, 3.63) is 53.3 Å². The van der Waals surface area contributed by atoms with E-state index in [0.717, 1.165) is 29.0 Å². The minimum absolute atomic E-state index is 0.287. The van der Waals surface area contributed by atoms with Gasteiger partial charge >= 0.3 is 0 Å². The van der Waals surface area contributed by atoms with Crippen molar-refractivity contribution < 1.29 is 19.7 Å². The van der Waals surface area contributed by atoms with Crippen LogP contribution in [0.2, 0.25) is 0 Å². The van der Waals surface area contributed by atoms with Gasteiger partial charge in [-0.05, 0) is 126 Å². The van der Waals surface area contributed by atoms with Crippen LogP contribution in [-0.4, -0.2) is 34.6 Å². The van der Waals surface area contributed by atoms with Crippen LogP contribution in [-0.2, 0) is 5.41 Å². The summed E-state index contributed by atoms with van der Waals surface area (Å²) in [5.74, 6) is 1.36. The molecule has 0 aliphatic heterocycles. The van der Waals surface area contributed by atoms with E-state index in [1.807, 2.05) is 13.8 Å². The van der Waals surface area contributed by atoms with E-state index in [9.17, 15) is 10.2 Å². The van der Waals surface area contributed by atoms with Gasteiger partial charge in [-0.2, -0.15) is 0 Å². The highest BCUT2D eigenvalue weighted by Gasteiger charge is 2.29. The number of rotatable bonds is 10. The van der Waals surface area contributed by atoms with Gasteiger partial charge in [-0.1, -0.05) is 27.7 Å². The summed E-state index contributed by atoms with van der Waals surface area (Å²) in [6, 6.07) is 8.23. The maximum Gasteiger partial charge on any atom is 0.148 e. The van der Waals surface area contributed by atoms with Crippen LogP contribution in [0.15, 0.2) is 42.2 Å². The van der Waals surface area contributed by atoms with E-state index in [1.165, 1.54) is 0 Å². The number of aliphatic hydroxyl groups is 2. The summed E-state index contributed by atoms with van der Waals surface area (Å²) >= 11 is 14.6. The third-order valence-electron chi connectivity index (χ3n) is 5.86. The first-order valence-corrected chi connectivity index (χ1v) is 14.2. The third-order valence-corrected chi connectivity index (χ3v) is 8.22. The smallest absolute Gasteiger partial charge is 0.148 e. The van der Waals surface area contributed by atoms with Crippen LogP contribution in [0.5, 0.6) is 11.5 Å². The zero-order chi connectivity index (χ0) is 25.1. The quantitative estimate of drug-likeness (QED) is 0.261. The molecular formula is C25H32Br4O4. The molecule has 33 heavy (non-hydrogen) atoms. The van der Waals surface area contributed by atoms with Gasteiger partial charge in [0, 0.05) is 5.41 Å². The molecule has 4 atom stereocenters. The van der Waals surface area contributed by atoms with Gasteiger partial charge < -0.3 is 19.7 Å². The highest BCUT2D eigenvalue weighted by Crippen LogP contribution is 2.44. The second kappa shape index (κ2) is 12.2. The van der Waals surface area contributed by atoms with Crippen molar-refractivity contribution in [3.8, 4) is 11.5 Å². The topological polar surface area (TPSA) is 58.9 Å². The van der Waals surface area contributed by atoms with Gasteiger partial charge in [0.25, 0.3) is 0 Å². The number of ether oxygens (including phenoxy) is 2. The van der Waals surface area contributed by atoms with E-state index in [2.05, 4.69) is 102 Å². The maximum atomic E-state index is 9.97. The van der Waals surface area contributed by atoms with Gasteiger partial charge in [0.05, 0.1) is 30.1 Å². The molecule has 0 saturated carbocycles. The van der Waals surface area contributed by atoms with E-state index in [-0.39, 0.29) is 17.6 Å². The highest BCUT2D eigenvalue weighted by molar-refractivity contribution is 9.11. The number of hydrogen-bond donors (Lipinski definition) is 2. The molecule has 8 heteroatoms. The first-order chi connectivity index (χ1) is 15.3. The van der Waals surface area contributed by atoms with Crippen LogP contribution in [0, 0.1) is 0 Å². The Bertz CT molecular complexity index is 838. The van der Waals surface area contributed by atoms with Crippen LogP contribution in [0.25, 0.3) is 0 Å². The van der Waals surface area contributed by atoms with E-state index in [0.29, 0.717) is 24.3 Å². The minimum atomic E-state index is -0.568. The summed E-state index contributed by atoms with van der Waals surface area (Å²) in [6.45, 7) is 11.8. The summed E-state index contributed by atoms with van der Waals surface area (Å²) in [7, 11) is 0. The average molecular weight is 716 g/mol. The van der Waals surface area contributed by atoms with E-state index >= 15 is 0 Å². The second-order valence-electron chi connectivity index (χ2n) is 8.77. The van der Waals surface area contributed by atoms with Gasteiger partial charge in [-0.15, -0.1) is 0 Å². The monoisotopic (exact) mass is 712 g/mol. The van der Waals surface area contributed by atoms with E-state index in [4.69, 9.17) is 9.47 Å². The predicted octanol–water partition coefficient (Wildman–Crippen LogP) is 8.14. The molecule has 0 aromatic heterocycles. The first-order valence-electron chi connectivity index (χ1n) is 11.0. The van der Waals surface area contributed by atoms with Crippen molar-refractivity contribution in [2.45, 2.75) is 84.2 Å². The zero-order valence-corrected chi connectivity index (χ0v) is 26.1. The van der Waals surface area contributed by atoms with Crippen molar-refractivity contribution >= 4 is 63.7 Å². The number of hydrogen-bond acceptors (Lipinski definition) is 4. The van der Waals surface area contributed by atoms with Crippen molar-refractivity contribution in [2.24, 2.45) is 0 Å². The normalized spacial score (nSPS) is 15.6. The fourth-order valence-electron chi connectivity index (χ4n) is 3.58. The molecule has 0 bridgehead atoms. The summed E-state index contributed by atoms with van der Waals surface area (Å²) < 4.78 is 15.4. The van der Waals surface area contributed by atoms with Crippen LogP contribution in [0.4, 0.5) is 0 Å². The predicted molar refractivity (Wildman–Crippen MR) is 149 cm³/mol. The molecule has 4 unspecified atom stereocenters. The fourth-order valence-corrected chi connectivity index (χ4v) is 6.33. The van der Waals surface area contributed by atoms with Crippen LogP contribution in [0.1, 0.15) is 65.5 Å². The van der Waals surface area contributed by atoms with Gasteiger partial charge in [-0.3, -0.25) is 0 Å². The van der Waals surface area contributed by atoms with Gasteiger partial charge in [0.2, 0.25) is 0 Å². The second-order valence-corrected chi connectivity index (χ2v) is 12.2. The summed E-state index contributed by atoms with van der Waals surface area (Å²) in [4.78, 5) is 0. The Labute approximate surface area is 231 Å². The molecule has 184 valence electrons. The van der Waals surface area contributed by atoms with Crippen LogP contribution in [0.3, 0.4) is 0 Å². The maximum absolute atomic E-state index is 9.97. The lowest BCUT2D eigenvalue weighted by Crippen LogP contribution is -2.29. The Balaban J connectivity index is 2.43. The average Bonchev–Trinajstić information content (AvgIpc) is 2.72. The van der Waals surface area contributed by atoms with Crippen molar-refractivity contribution in [3.63, 3.8) is 0 Å². The lowest BCUT2D eigenvalue weighted by atomic mass is 9.78. The van der Waals surface area contributed by atoms with Gasteiger partial charge in [-0.25, -0.2) is 0 Å². The Morgan fingerprint density at radius 2 is 0.970 bits per heavy atom. The van der Waals surface area contributed by atoms with Gasteiger partial charge in [0.1, 0.15) is 23.7 Å². The molecule has 0 amide bonds. The number of benzene rings is 2. The van der Waals surface area contributed by atoms with Crippen LogP contribution < -0.4 is 9.47 Å². The summed E-state index contributed by atoms with van der Waals surface area (Å²) in [5, 5.41) is 19.9. The van der Waals surface area contributed by atoms with Gasteiger partial charge in [0.15, 0.2) is 0 Å². The molecule has 0 spiro atoms. The Morgan fingerprint density at radius 3 is 1.18 bits per heavy atom. The van der Waals surface area contributed by atoms with Crippen molar-refractivity contribution in [2.75, 3.05) is 0 Å². The molecule has 0 aliphatic rings. The molecule has 2 aromatic rings. The van der Waals surface area contributed by atoms with Crippen LogP contribution >= 0.6 is 63.7 Å². The highest BCUT2D eigenvalue weighted by atomic mass is 79.9. The summed E-state index contributed by atoms with van der Waals surface area (Å²) in [5.41, 5.74) is 1.83. The zero-order valence-electron chi connectivity index (χ0n) is 19.8. The molecule has 2 rings (SSSR count). The number of halogens is 4. The summed E-state index contributed by atoms with van der Waals surface area (Å²) in [6.07, 6.45) is -0.306. The van der Waals surface area contributed by atoms with Crippen molar-refractivity contribution in [1.29, 1.82) is 0 Å². The van der Waals surface area contributed by atoms with E-state index < -0.39 is 12.2 Å². The molecule has 0 heterocycles. The Morgan fingerprint density at radius 1 is 0.697 bits per heavy atom. The molecule has 0 radical (unpaired) electrons. The molecule has 0 saturated heterocycles. The Kier molecular flexibility index (Phi) is 10.8. The fraction of sp³-hybridized carbons (Fsp3) is 0.520. The van der Waals surface area contributed by atoms with Crippen molar-refractivity contribution in [1.82, 2.24) is 0 Å². The molecule has 0 aliphatic carbocycles. The lowest BCUT2D eigenvalue weighted by molar-refractivity contribution is 0.0455. The Hall–Kier alpha value is -0.120. The third kappa shape index (κ3) is 6.98. The molecule has 0 fully saturated rings. The molecular weight excluding hydrogens is 684 g/mol. The molecule has 2 aromatic carbocycles. The van der Waals surface area contributed by atoms with E-state index in [1.54, 1.807) is 13.8 Å². The largest absolute Gasteiger partial charge is 0.485 e. The molecule has 4 nitrogen and oxygen atoms in total. The SMILES string of the molecule is CCC(Oc1c(Br)cc(C(C)(C)c2cc(Br)c(OC(CC)C(C)O)c(Br)c2)cc1Br)C(C)O. The molecule has 2 N–H and O–H groups in total. The number of aliphatic hydroxyl groups excluding tert-OH is 2. The minimum Gasteiger partial charge on any atom is -0.485 e. The first kappa shape index (κ1) is 29.1.